The molecule has 1 atom stereocenters. The number of aryl methyl sites for hydroxylation is 1. The molecule has 2 aromatic heterocycles. The molecule has 0 spiro atoms. The maximum Gasteiger partial charge on any atom is 0.340 e. The molecule has 0 aliphatic carbocycles. The molecule has 2 aromatic rings. The Morgan fingerprint density at radius 1 is 1.38 bits per heavy atom. The van der Waals surface area contributed by atoms with Gasteiger partial charge in [0.1, 0.15) is 12.4 Å². The van der Waals surface area contributed by atoms with Gasteiger partial charge in [-0.1, -0.05) is 0 Å². The fourth-order valence-corrected chi connectivity index (χ4v) is 3.21. The molecule has 1 aliphatic heterocycles. The summed E-state index contributed by atoms with van der Waals surface area (Å²) < 4.78 is 55.5. The van der Waals surface area contributed by atoms with Crippen molar-refractivity contribution < 1.29 is 37.0 Å². The van der Waals surface area contributed by atoms with Gasteiger partial charge in [0.15, 0.2) is 6.61 Å². The number of aromatic nitrogens is 2. The van der Waals surface area contributed by atoms with E-state index >= 15 is 0 Å². The van der Waals surface area contributed by atoms with Crippen LogP contribution in [-0.2, 0) is 11.3 Å². The molecule has 172 valence electrons. The largest absolute Gasteiger partial charge is 0.471 e. The van der Waals surface area contributed by atoms with E-state index in [-0.39, 0.29) is 24.1 Å². The predicted octanol–water partition coefficient (Wildman–Crippen LogP) is 2.71. The van der Waals surface area contributed by atoms with Crippen LogP contribution in [0.4, 0.5) is 23.4 Å². The van der Waals surface area contributed by atoms with Crippen LogP contribution in [-0.4, -0.2) is 57.4 Å². The number of fused-ring (bicyclic) bond motifs is 1. The standard InChI is InChI=1S/C20H20F4N4O4/c1-10-5-12(6-26-17(10)32-9-20(23,24)19(21)22)11(2)28-7-14-13(18(28)31)3-4-25-16(14)27-15(30)8-29/h3-6,11,19,29H,7-9H2,1-2H3,(H,25,27,30). The third-order valence-electron chi connectivity index (χ3n) is 5.00. The molecule has 0 saturated heterocycles. The first-order chi connectivity index (χ1) is 15.0. The lowest BCUT2D eigenvalue weighted by molar-refractivity contribution is -0.148. The quantitative estimate of drug-likeness (QED) is 0.592. The van der Waals surface area contributed by atoms with Crippen molar-refractivity contribution in [3.63, 3.8) is 0 Å². The van der Waals surface area contributed by atoms with Gasteiger partial charge in [-0.2, -0.15) is 8.78 Å². The second kappa shape index (κ2) is 9.07. The van der Waals surface area contributed by atoms with Crippen molar-refractivity contribution in [3.8, 4) is 5.88 Å². The van der Waals surface area contributed by atoms with Gasteiger partial charge < -0.3 is 20.1 Å². The number of carbonyl (C=O) groups excluding carboxylic acids is 2. The first-order valence-electron chi connectivity index (χ1n) is 9.50. The summed E-state index contributed by atoms with van der Waals surface area (Å²) in [6, 6.07) is 2.58. The van der Waals surface area contributed by atoms with Crippen LogP contribution in [0.5, 0.6) is 5.88 Å². The molecule has 0 fully saturated rings. The number of nitrogens with zero attached hydrogens (tertiary/aromatic N) is 3. The number of nitrogens with one attached hydrogen (secondary N) is 1. The Bertz CT molecular complexity index is 1030. The minimum absolute atomic E-state index is 0.127. The van der Waals surface area contributed by atoms with E-state index in [1.807, 2.05) is 0 Å². The zero-order valence-electron chi connectivity index (χ0n) is 17.1. The zero-order valence-corrected chi connectivity index (χ0v) is 17.1. The molecule has 3 rings (SSSR count). The van der Waals surface area contributed by atoms with Crippen molar-refractivity contribution in [2.45, 2.75) is 38.8 Å². The Morgan fingerprint density at radius 3 is 2.72 bits per heavy atom. The number of aliphatic hydroxyl groups is 1. The SMILES string of the molecule is Cc1cc(C(C)N2Cc3c(ccnc3NC(=O)CO)C2=O)cnc1OCC(F)(F)C(F)F. The minimum atomic E-state index is -4.30. The predicted molar refractivity (Wildman–Crippen MR) is 104 cm³/mol. The Labute approximate surface area is 180 Å². The highest BCUT2D eigenvalue weighted by atomic mass is 19.3. The van der Waals surface area contributed by atoms with E-state index in [9.17, 15) is 27.2 Å². The molecule has 0 bridgehead atoms. The number of amides is 2. The zero-order chi connectivity index (χ0) is 23.6. The van der Waals surface area contributed by atoms with Crippen LogP contribution in [0.1, 0.15) is 40.0 Å². The minimum Gasteiger partial charge on any atom is -0.471 e. The number of alkyl halides is 4. The normalized spacial score (nSPS) is 14.5. The summed E-state index contributed by atoms with van der Waals surface area (Å²) in [4.78, 5) is 33.9. The lowest BCUT2D eigenvalue weighted by atomic mass is 10.1. The van der Waals surface area contributed by atoms with Gasteiger partial charge in [0.2, 0.25) is 5.88 Å². The van der Waals surface area contributed by atoms with Gasteiger partial charge in [0, 0.05) is 29.1 Å². The fraction of sp³-hybridized carbons (Fsp3) is 0.400. The van der Waals surface area contributed by atoms with Crippen LogP contribution in [0.2, 0.25) is 0 Å². The highest BCUT2D eigenvalue weighted by Crippen LogP contribution is 2.35. The molecule has 12 heteroatoms. The summed E-state index contributed by atoms with van der Waals surface area (Å²) in [5.74, 6) is -5.33. The Hall–Kier alpha value is -3.28. The van der Waals surface area contributed by atoms with E-state index in [2.05, 4.69) is 15.3 Å². The van der Waals surface area contributed by atoms with Gasteiger partial charge in [0.05, 0.1) is 12.6 Å². The Morgan fingerprint density at radius 2 is 2.09 bits per heavy atom. The molecule has 1 aliphatic rings. The molecular formula is C20H20F4N4O4. The number of carbonyl (C=O) groups is 2. The number of hydrogen-bond donors (Lipinski definition) is 2. The number of hydrogen-bond acceptors (Lipinski definition) is 6. The van der Waals surface area contributed by atoms with Crippen molar-refractivity contribution in [3.05, 3.63) is 46.8 Å². The lowest BCUT2D eigenvalue weighted by Crippen LogP contribution is -2.34. The van der Waals surface area contributed by atoms with Crippen molar-refractivity contribution >= 4 is 17.6 Å². The van der Waals surface area contributed by atoms with Gasteiger partial charge in [0.25, 0.3) is 11.8 Å². The molecule has 2 N–H and O–H groups in total. The first-order valence-corrected chi connectivity index (χ1v) is 9.50. The molecule has 2 amide bonds. The third-order valence-corrected chi connectivity index (χ3v) is 5.00. The summed E-state index contributed by atoms with van der Waals surface area (Å²) >= 11 is 0. The van der Waals surface area contributed by atoms with Gasteiger partial charge in [-0.05, 0) is 31.5 Å². The molecule has 8 nitrogen and oxygen atoms in total. The Kier molecular flexibility index (Phi) is 6.63. The molecule has 32 heavy (non-hydrogen) atoms. The average molecular weight is 456 g/mol. The van der Waals surface area contributed by atoms with Crippen LogP contribution in [0.25, 0.3) is 0 Å². The van der Waals surface area contributed by atoms with Crippen LogP contribution < -0.4 is 10.1 Å². The van der Waals surface area contributed by atoms with Gasteiger partial charge in [-0.3, -0.25) is 9.59 Å². The van der Waals surface area contributed by atoms with Crippen molar-refractivity contribution in [1.29, 1.82) is 0 Å². The van der Waals surface area contributed by atoms with Gasteiger partial charge in [-0.15, -0.1) is 0 Å². The second-order valence-corrected chi connectivity index (χ2v) is 7.24. The van der Waals surface area contributed by atoms with Crippen LogP contribution in [0, 0.1) is 6.92 Å². The summed E-state index contributed by atoms with van der Waals surface area (Å²) in [5.41, 5.74) is 1.73. The van der Waals surface area contributed by atoms with E-state index in [1.54, 1.807) is 13.0 Å². The maximum atomic E-state index is 13.1. The number of rotatable bonds is 8. The summed E-state index contributed by atoms with van der Waals surface area (Å²) in [7, 11) is 0. The topological polar surface area (TPSA) is 105 Å². The summed E-state index contributed by atoms with van der Waals surface area (Å²) in [6.07, 6.45) is -1.17. The van der Waals surface area contributed by atoms with Crippen molar-refractivity contribution in [1.82, 2.24) is 14.9 Å². The number of pyridine rings is 2. The number of halogens is 4. The molecule has 0 radical (unpaired) electrons. The molecular weight excluding hydrogens is 436 g/mol. The first kappa shape index (κ1) is 23.4. The summed E-state index contributed by atoms with van der Waals surface area (Å²) in [6.45, 7) is 1.13. The molecule has 0 saturated carbocycles. The van der Waals surface area contributed by atoms with E-state index in [4.69, 9.17) is 9.84 Å². The number of ether oxygens (including phenoxy) is 1. The molecule has 0 aromatic carbocycles. The highest BCUT2D eigenvalue weighted by Gasteiger charge is 2.42. The van der Waals surface area contributed by atoms with E-state index < -0.39 is 37.5 Å². The lowest BCUT2D eigenvalue weighted by Gasteiger charge is -2.25. The molecule has 1 unspecified atom stereocenters. The number of anilines is 1. The van der Waals surface area contributed by atoms with Crippen LogP contribution in [0.3, 0.4) is 0 Å². The van der Waals surface area contributed by atoms with Gasteiger partial charge >= 0.3 is 12.3 Å². The number of aliphatic hydroxyl groups excluding tert-OH is 1. The smallest absolute Gasteiger partial charge is 0.340 e. The van der Waals surface area contributed by atoms with E-state index in [0.717, 1.165) is 0 Å². The van der Waals surface area contributed by atoms with Crippen LogP contribution in [0.15, 0.2) is 24.5 Å². The molecule has 3 heterocycles. The van der Waals surface area contributed by atoms with Gasteiger partial charge in [-0.25, -0.2) is 18.7 Å². The van der Waals surface area contributed by atoms with Crippen molar-refractivity contribution in [2.24, 2.45) is 0 Å². The maximum absolute atomic E-state index is 13.1. The third kappa shape index (κ3) is 4.64. The monoisotopic (exact) mass is 456 g/mol. The highest BCUT2D eigenvalue weighted by molar-refractivity contribution is 6.01. The second-order valence-electron chi connectivity index (χ2n) is 7.24. The van der Waals surface area contributed by atoms with Crippen molar-refractivity contribution in [2.75, 3.05) is 18.5 Å². The average Bonchev–Trinajstić information content (AvgIpc) is 3.09. The Balaban J connectivity index is 1.77. The fourth-order valence-electron chi connectivity index (χ4n) is 3.21. The van der Waals surface area contributed by atoms with E-state index in [1.165, 1.54) is 30.3 Å². The summed E-state index contributed by atoms with van der Waals surface area (Å²) in [5, 5.41) is 11.4. The van der Waals surface area contributed by atoms with E-state index in [0.29, 0.717) is 22.3 Å². The van der Waals surface area contributed by atoms with Crippen LogP contribution >= 0.6 is 0 Å².